The third kappa shape index (κ3) is 7.06. The van der Waals surface area contributed by atoms with Crippen LogP contribution in [0.4, 0.5) is 11.5 Å². The SMILES string of the molecule is CO[C@H]1CN(CC(=O)Nc2ccc(C(=O)OC(C)C)cc2)CC[C@H]1NC(=O)c1cc(Cl)c(N)[nH]c1=O. The van der Waals surface area contributed by atoms with Gasteiger partial charge in [0.05, 0.1) is 35.4 Å². The van der Waals surface area contributed by atoms with Crippen LogP contribution in [0, 0.1) is 0 Å². The van der Waals surface area contributed by atoms with Gasteiger partial charge in [0.15, 0.2) is 0 Å². The van der Waals surface area contributed by atoms with E-state index in [2.05, 4.69) is 15.6 Å². The molecule has 0 unspecified atom stereocenters. The van der Waals surface area contributed by atoms with E-state index in [0.29, 0.717) is 30.8 Å². The van der Waals surface area contributed by atoms with Crippen LogP contribution in [0.25, 0.3) is 0 Å². The van der Waals surface area contributed by atoms with Crippen molar-refractivity contribution in [2.75, 3.05) is 37.8 Å². The Bertz CT molecular complexity index is 1170. The van der Waals surface area contributed by atoms with Crippen LogP contribution in [0.5, 0.6) is 0 Å². The molecule has 2 aromatic rings. The lowest BCUT2D eigenvalue weighted by Crippen LogP contribution is -2.56. The molecule has 1 aromatic heterocycles. The van der Waals surface area contributed by atoms with Crippen molar-refractivity contribution in [3.05, 3.63) is 56.8 Å². The van der Waals surface area contributed by atoms with E-state index >= 15 is 0 Å². The standard InChI is InChI=1S/C24H30ClN5O6/c1-13(2)36-24(34)14-4-6-15(7-5-14)27-20(31)12-30-9-8-18(19(11-30)35-3)28-22(32)16-10-17(25)21(26)29-23(16)33/h4-7,10,13,18-19H,8-9,11-12H2,1-3H3,(H,27,31)(H,28,32)(H3,26,29,33)/t18-,19+/m1/s1. The normalized spacial score (nSPS) is 18.0. The molecule has 1 aliphatic rings. The molecule has 12 heteroatoms. The average Bonchev–Trinajstić information content (AvgIpc) is 2.82. The summed E-state index contributed by atoms with van der Waals surface area (Å²) in [7, 11) is 1.52. The van der Waals surface area contributed by atoms with Crippen molar-refractivity contribution >= 4 is 40.9 Å². The first kappa shape index (κ1) is 27.2. The number of nitrogens with zero attached hydrogens (tertiary/aromatic N) is 1. The fourth-order valence-electron chi connectivity index (χ4n) is 3.84. The molecule has 0 bridgehead atoms. The number of esters is 1. The highest BCUT2D eigenvalue weighted by Gasteiger charge is 2.32. The van der Waals surface area contributed by atoms with E-state index in [9.17, 15) is 19.2 Å². The third-order valence-electron chi connectivity index (χ3n) is 5.64. The zero-order valence-electron chi connectivity index (χ0n) is 20.3. The molecule has 0 radical (unpaired) electrons. The maximum atomic E-state index is 12.6. The zero-order chi connectivity index (χ0) is 26.4. The first-order chi connectivity index (χ1) is 17.1. The van der Waals surface area contributed by atoms with Crippen LogP contribution >= 0.6 is 11.6 Å². The Morgan fingerprint density at radius 1 is 1.25 bits per heavy atom. The van der Waals surface area contributed by atoms with Gasteiger partial charge in [0, 0.05) is 25.9 Å². The van der Waals surface area contributed by atoms with Crippen molar-refractivity contribution in [3.8, 4) is 0 Å². The van der Waals surface area contributed by atoms with Gasteiger partial charge in [0.1, 0.15) is 11.4 Å². The van der Waals surface area contributed by atoms with E-state index in [1.165, 1.54) is 13.2 Å². The van der Waals surface area contributed by atoms with Crippen molar-refractivity contribution in [2.24, 2.45) is 0 Å². The Morgan fingerprint density at radius 3 is 2.58 bits per heavy atom. The molecule has 2 amide bonds. The Balaban J connectivity index is 1.53. The number of hydrogen-bond acceptors (Lipinski definition) is 8. The summed E-state index contributed by atoms with van der Waals surface area (Å²) in [6, 6.07) is 7.32. The van der Waals surface area contributed by atoms with Crippen molar-refractivity contribution in [1.82, 2.24) is 15.2 Å². The van der Waals surface area contributed by atoms with Gasteiger partial charge in [-0.25, -0.2) is 4.79 Å². The quantitative estimate of drug-likeness (QED) is 0.383. The Morgan fingerprint density at radius 2 is 1.94 bits per heavy atom. The third-order valence-corrected chi connectivity index (χ3v) is 5.96. The van der Waals surface area contributed by atoms with Gasteiger partial charge in [-0.3, -0.25) is 19.3 Å². The molecule has 0 spiro atoms. The van der Waals surface area contributed by atoms with Crippen LogP contribution < -0.4 is 21.9 Å². The summed E-state index contributed by atoms with van der Waals surface area (Å²) in [5.74, 6) is -1.25. The fraction of sp³-hybridized carbons (Fsp3) is 0.417. The number of piperidine rings is 1. The second kappa shape index (κ2) is 12.0. The van der Waals surface area contributed by atoms with Gasteiger partial charge in [-0.15, -0.1) is 0 Å². The molecule has 194 valence electrons. The summed E-state index contributed by atoms with van der Waals surface area (Å²) in [4.78, 5) is 53.5. The monoisotopic (exact) mass is 519 g/mol. The Labute approximate surface area is 213 Å². The fourth-order valence-corrected chi connectivity index (χ4v) is 3.99. The van der Waals surface area contributed by atoms with Crippen LogP contribution in [0.2, 0.25) is 5.02 Å². The number of carbonyl (C=O) groups is 3. The minimum atomic E-state index is -0.637. The van der Waals surface area contributed by atoms with E-state index in [4.69, 9.17) is 26.8 Å². The molecule has 0 saturated carbocycles. The number of rotatable bonds is 8. The number of methoxy groups -OCH3 is 1. The lowest BCUT2D eigenvalue weighted by molar-refractivity contribution is -0.118. The number of nitrogen functional groups attached to an aromatic ring is 1. The topological polar surface area (TPSA) is 156 Å². The number of pyridine rings is 1. The first-order valence-corrected chi connectivity index (χ1v) is 11.8. The number of likely N-dealkylation sites (tertiary alicyclic amines) is 1. The second-order valence-electron chi connectivity index (χ2n) is 8.73. The average molecular weight is 520 g/mol. The van der Waals surface area contributed by atoms with Crippen molar-refractivity contribution in [1.29, 1.82) is 0 Å². The van der Waals surface area contributed by atoms with Crippen molar-refractivity contribution < 1.29 is 23.9 Å². The first-order valence-electron chi connectivity index (χ1n) is 11.4. The van der Waals surface area contributed by atoms with Gasteiger partial charge in [-0.2, -0.15) is 0 Å². The molecule has 3 rings (SSSR count). The van der Waals surface area contributed by atoms with Crippen LogP contribution in [-0.4, -0.2) is 72.7 Å². The maximum Gasteiger partial charge on any atom is 0.338 e. The summed E-state index contributed by atoms with van der Waals surface area (Å²) in [5, 5.41) is 5.70. The summed E-state index contributed by atoms with van der Waals surface area (Å²) < 4.78 is 10.7. The molecule has 0 aliphatic carbocycles. The number of nitrogens with one attached hydrogen (secondary N) is 3. The summed E-state index contributed by atoms with van der Waals surface area (Å²) >= 11 is 5.93. The van der Waals surface area contributed by atoms with E-state index < -0.39 is 23.5 Å². The van der Waals surface area contributed by atoms with Crippen molar-refractivity contribution in [3.63, 3.8) is 0 Å². The summed E-state index contributed by atoms with van der Waals surface area (Å²) in [6.07, 6.45) is -0.112. The molecule has 5 N–H and O–H groups in total. The van der Waals surface area contributed by atoms with Gasteiger partial charge in [0.2, 0.25) is 5.91 Å². The van der Waals surface area contributed by atoms with Crippen LogP contribution in [0.15, 0.2) is 35.1 Å². The van der Waals surface area contributed by atoms with E-state index in [1.807, 2.05) is 4.90 Å². The number of aromatic amines is 1. The molecule has 1 saturated heterocycles. The lowest BCUT2D eigenvalue weighted by atomic mass is 10.0. The Hall–Kier alpha value is -3.41. The highest BCUT2D eigenvalue weighted by Crippen LogP contribution is 2.17. The molecule has 11 nitrogen and oxygen atoms in total. The molecule has 2 heterocycles. The minimum Gasteiger partial charge on any atom is -0.459 e. The van der Waals surface area contributed by atoms with E-state index in [0.717, 1.165) is 0 Å². The number of ether oxygens (including phenoxy) is 2. The molecule has 36 heavy (non-hydrogen) atoms. The molecular formula is C24H30ClN5O6. The number of benzene rings is 1. The summed E-state index contributed by atoms with van der Waals surface area (Å²) in [6.45, 7) is 4.58. The maximum absolute atomic E-state index is 12.6. The number of carbonyl (C=O) groups excluding carboxylic acids is 3. The van der Waals surface area contributed by atoms with Crippen LogP contribution in [0.3, 0.4) is 0 Å². The summed E-state index contributed by atoms with van der Waals surface area (Å²) in [5.41, 5.74) is 5.73. The predicted molar refractivity (Wildman–Crippen MR) is 135 cm³/mol. The van der Waals surface area contributed by atoms with Gasteiger partial charge in [-0.05, 0) is 50.6 Å². The van der Waals surface area contributed by atoms with Gasteiger partial charge < -0.3 is 30.8 Å². The molecule has 1 fully saturated rings. The number of H-pyrrole nitrogens is 1. The lowest BCUT2D eigenvalue weighted by Gasteiger charge is -2.37. The number of nitrogens with two attached hydrogens (primary N) is 1. The molecule has 2 atom stereocenters. The highest BCUT2D eigenvalue weighted by molar-refractivity contribution is 6.33. The van der Waals surface area contributed by atoms with E-state index in [-0.39, 0.29) is 41.0 Å². The number of amides is 2. The number of anilines is 2. The molecule has 1 aromatic carbocycles. The van der Waals surface area contributed by atoms with Gasteiger partial charge in [-0.1, -0.05) is 11.6 Å². The van der Waals surface area contributed by atoms with Gasteiger partial charge in [0.25, 0.3) is 11.5 Å². The van der Waals surface area contributed by atoms with Crippen molar-refractivity contribution in [2.45, 2.75) is 38.5 Å². The number of hydrogen-bond donors (Lipinski definition) is 4. The predicted octanol–water partition coefficient (Wildman–Crippen LogP) is 1.63. The van der Waals surface area contributed by atoms with E-state index in [1.54, 1.807) is 38.1 Å². The Kier molecular flexibility index (Phi) is 9.08. The van der Waals surface area contributed by atoms with Crippen LogP contribution in [-0.2, 0) is 14.3 Å². The largest absolute Gasteiger partial charge is 0.459 e. The number of aromatic nitrogens is 1. The molecular weight excluding hydrogens is 490 g/mol. The molecule has 1 aliphatic heterocycles. The highest BCUT2D eigenvalue weighted by atomic mass is 35.5. The number of halogens is 1. The zero-order valence-corrected chi connectivity index (χ0v) is 21.1. The minimum absolute atomic E-state index is 0.0101. The van der Waals surface area contributed by atoms with Crippen LogP contribution in [0.1, 0.15) is 41.0 Å². The smallest absolute Gasteiger partial charge is 0.338 e. The van der Waals surface area contributed by atoms with Gasteiger partial charge >= 0.3 is 5.97 Å². The second-order valence-corrected chi connectivity index (χ2v) is 9.14.